The molecule has 0 saturated heterocycles. The maximum atomic E-state index is 13.0. The van der Waals surface area contributed by atoms with Crippen LogP contribution < -0.4 is 10.6 Å². The van der Waals surface area contributed by atoms with Gasteiger partial charge >= 0.3 is 12.1 Å². The Hall–Kier alpha value is -2.78. The number of rotatable bonds is 5. The van der Waals surface area contributed by atoms with E-state index in [4.69, 9.17) is 0 Å². The van der Waals surface area contributed by atoms with Gasteiger partial charge in [0.05, 0.1) is 16.6 Å². The molecule has 10 heteroatoms. The number of halogens is 5. The molecule has 27 heavy (non-hydrogen) atoms. The van der Waals surface area contributed by atoms with E-state index in [1.807, 2.05) is 0 Å². The number of alkyl halides is 5. The van der Waals surface area contributed by atoms with Gasteiger partial charge < -0.3 is 10.6 Å². The summed E-state index contributed by atoms with van der Waals surface area (Å²) < 4.78 is 62.6. The standard InChI is InChI=1S/C17H16F5N3O2/c1-15(2,9-24-14(27)16(18,19)17(20,21)22)13(26)25-11-7-3-5-10-6-4-8-23-12(10)11/h3-8H,9H2,1-2H3,(H,24,27)(H,25,26). The number of nitrogens with zero attached hydrogens (tertiary/aromatic N) is 1. The van der Waals surface area contributed by atoms with Crippen LogP contribution in [-0.4, -0.2) is 35.4 Å². The number of fused-ring (bicyclic) bond motifs is 1. The Labute approximate surface area is 151 Å². The number of nitrogens with one attached hydrogen (secondary N) is 2. The number of anilines is 1. The monoisotopic (exact) mass is 389 g/mol. The predicted molar refractivity (Wildman–Crippen MR) is 88.2 cm³/mol. The summed E-state index contributed by atoms with van der Waals surface area (Å²) >= 11 is 0. The van der Waals surface area contributed by atoms with Crippen molar-refractivity contribution in [2.45, 2.75) is 25.9 Å². The molecule has 2 rings (SSSR count). The van der Waals surface area contributed by atoms with Crippen LogP contribution in [0.25, 0.3) is 10.9 Å². The van der Waals surface area contributed by atoms with E-state index >= 15 is 0 Å². The van der Waals surface area contributed by atoms with Gasteiger partial charge in [0.15, 0.2) is 0 Å². The SMILES string of the molecule is CC(C)(CNC(=O)C(F)(F)C(F)(F)F)C(=O)Nc1cccc2cccnc12. The number of aromatic nitrogens is 1. The molecule has 0 aliphatic heterocycles. The zero-order valence-corrected chi connectivity index (χ0v) is 14.3. The van der Waals surface area contributed by atoms with Gasteiger partial charge in [-0.3, -0.25) is 14.6 Å². The van der Waals surface area contributed by atoms with E-state index in [2.05, 4.69) is 10.3 Å². The molecule has 1 aromatic carbocycles. The lowest BCUT2D eigenvalue weighted by atomic mass is 9.92. The lowest BCUT2D eigenvalue weighted by molar-refractivity contribution is -0.269. The second-order valence-corrected chi connectivity index (χ2v) is 6.47. The molecule has 2 aromatic rings. The molecule has 0 aliphatic rings. The highest BCUT2D eigenvalue weighted by molar-refractivity contribution is 6.02. The molecular weight excluding hydrogens is 373 g/mol. The molecule has 0 atom stereocenters. The highest BCUT2D eigenvalue weighted by Crippen LogP contribution is 2.35. The number of carbonyl (C=O) groups is 2. The molecular formula is C17H16F5N3O2. The summed E-state index contributed by atoms with van der Waals surface area (Å²) in [7, 11) is 0. The Morgan fingerprint density at radius 3 is 2.26 bits per heavy atom. The zero-order chi connectivity index (χ0) is 20.5. The van der Waals surface area contributed by atoms with Gasteiger partial charge in [-0.1, -0.05) is 18.2 Å². The van der Waals surface area contributed by atoms with Crippen molar-refractivity contribution in [3.05, 3.63) is 36.5 Å². The van der Waals surface area contributed by atoms with Crippen molar-refractivity contribution in [3.63, 3.8) is 0 Å². The highest BCUT2D eigenvalue weighted by atomic mass is 19.4. The van der Waals surface area contributed by atoms with Crippen LogP contribution >= 0.6 is 0 Å². The van der Waals surface area contributed by atoms with Crippen molar-refractivity contribution in [1.29, 1.82) is 0 Å². The van der Waals surface area contributed by atoms with E-state index < -0.39 is 35.9 Å². The minimum atomic E-state index is -6.02. The second-order valence-electron chi connectivity index (χ2n) is 6.47. The number of carbonyl (C=O) groups excluding carboxylic acids is 2. The third-order valence-electron chi connectivity index (χ3n) is 3.83. The minimum Gasteiger partial charge on any atom is -0.349 e. The summed E-state index contributed by atoms with van der Waals surface area (Å²) in [6.07, 6.45) is -4.50. The van der Waals surface area contributed by atoms with Crippen molar-refractivity contribution < 1.29 is 31.5 Å². The van der Waals surface area contributed by atoms with Crippen LogP contribution in [-0.2, 0) is 9.59 Å². The topological polar surface area (TPSA) is 71.1 Å². The van der Waals surface area contributed by atoms with Crippen LogP contribution in [0.5, 0.6) is 0 Å². The van der Waals surface area contributed by atoms with Gasteiger partial charge in [0.2, 0.25) is 5.91 Å². The molecule has 0 bridgehead atoms. The average molecular weight is 389 g/mol. The van der Waals surface area contributed by atoms with E-state index in [0.29, 0.717) is 11.2 Å². The molecule has 5 nitrogen and oxygen atoms in total. The molecule has 2 amide bonds. The Morgan fingerprint density at radius 1 is 1.00 bits per heavy atom. The molecule has 0 unspecified atom stereocenters. The molecule has 0 fully saturated rings. The summed E-state index contributed by atoms with van der Waals surface area (Å²) in [4.78, 5) is 27.8. The van der Waals surface area contributed by atoms with Crippen molar-refractivity contribution in [2.24, 2.45) is 5.41 Å². The summed E-state index contributed by atoms with van der Waals surface area (Å²) in [6.45, 7) is 1.88. The smallest absolute Gasteiger partial charge is 0.349 e. The molecule has 0 radical (unpaired) electrons. The maximum Gasteiger partial charge on any atom is 0.463 e. The Balaban J connectivity index is 2.10. The van der Waals surface area contributed by atoms with Gasteiger partial charge in [0, 0.05) is 18.1 Å². The minimum absolute atomic E-state index is 0.345. The number of hydrogen-bond acceptors (Lipinski definition) is 3. The van der Waals surface area contributed by atoms with E-state index in [9.17, 15) is 31.5 Å². The molecule has 0 spiro atoms. The Kier molecular flexibility index (Phi) is 5.39. The van der Waals surface area contributed by atoms with Crippen LogP contribution in [0.4, 0.5) is 27.6 Å². The summed E-state index contributed by atoms with van der Waals surface area (Å²) in [5, 5.41) is 4.79. The fraction of sp³-hybridized carbons (Fsp3) is 0.353. The van der Waals surface area contributed by atoms with E-state index in [1.165, 1.54) is 25.4 Å². The zero-order valence-electron chi connectivity index (χ0n) is 14.3. The van der Waals surface area contributed by atoms with E-state index in [1.54, 1.807) is 30.3 Å². The lowest BCUT2D eigenvalue weighted by Gasteiger charge is -2.26. The fourth-order valence-electron chi connectivity index (χ4n) is 2.12. The maximum absolute atomic E-state index is 13.0. The molecule has 1 aromatic heterocycles. The molecule has 2 N–H and O–H groups in total. The number of amides is 2. The van der Waals surface area contributed by atoms with Crippen LogP contribution in [0.3, 0.4) is 0 Å². The van der Waals surface area contributed by atoms with Crippen molar-refractivity contribution >= 4 is 28.4 Å². The van der Waals surface area contributed by atoms with E-state index in [0.717, 1.165) is 5.39 Å². The third-order valence-corrected chi connectivity index (χ3v) is 3.83. The first-order chi connectivity index (χ1) is 12.4. The largest absolute Gasteiger partial charge is 0.463 e. The number of para-hydroxylation sites is 1. The normalized spacial score (nSPS) is 12.7. The number of benzene rings is 1. The number of hydrogen-bond donors (Lipinski definition) is 2. The summed E-state index contributed by atoms with van der Waals surface area (Å²) in [6, 6.07) is 8.47. The van der Waals surface area contributed by atoms with Gasteiger partial charge in [-0.05, 0) is 26.0 Å². The number of pyridine rings is 1. The molecule has 146 valence electrons. The van der Waals surface area contributed by atoms with Gasteiger partial charge in [0.25, 0.3) is 5.91 Å². The average Bonchev–Trinajstić information content (AvgIpc) is 2.59. The van der Waals surface area contributed by atoms with Crippen molar-refractivity contribution in [1.82, 2.24) is 10.3 Å². The Bertz CT molecular complexity index is 860. The van der Waals surface area contributed by atoms with Gasteiger partial charge in [0.1, 0.15) is 0 Å². The van der Waals surface area contributed by atoms with E-state index in [-0.39, 0.29) is 0 Å². The Morgan fingerprint density at radius 2 is 1.63 bits per heavy atom. The van der Waals surface area contributed by atoms with Gasteiger partial charge in [-0.15, -0.1) is 0 Å². The highest BCUT2D eigenvalue weighted by Gasteiger charge is 2.63. The van der Waals surface area contributed by atoms with Gasteiger partial charge in [-0.25, -0.2) is 0 Å². The third kappa shape index (κ3) is 4.32. The first kappa shape index (κ1) is 20.5. The predicted octanol–water partition coefficient (Wildman–Crippen LogP) is 3.51. The van der Waals surface area contributed by atoms with Crippen LogP contribution in [0, 0.1) is 5.41 Å². The van der Waals surface area contributed by atoms with Crippen LogP contribution in [0.1, 0.15) is 13.8 Å². The fourth-order valence-corrected chi connectivity index (χ4v) is 2.12. The molecule has 0 aliphatic carbocycles. The summed E-state index contributed by atoms with van der Waals surface area (Å²) in [5.74, 6) is -8.74. The molecule has 1 heterocycles. The van der Waals surface area contributed by atoms with Gasteiger partial charge in [-0.2, -0.15) is 22.0 Å². The first-order valence-electron chi connectivity index (χ1n) is 7.74. The van der Waals surface area contributed by atoms with Crippen LogP contribution in [0.15, 0.2) is 36.5 Å². The quantitative estimate of drug-likeness (QED) is 0.769. The second kappa shape index (κ2) is 7.09. The van der Waals surface area contributed by atoms with Crippen LogP contribution in [0.2, 0.25) is 0 Å². The van der Waals surface area contributed by atoms with Crippen molar-refractivity contribution in [3.8, 4) is 0 Å². The van der Waals surface area contributed by atoms with Crippen molar-refractivity contribution in [2.75, 3.05) is 11.9 Å². The molecule has 0 saturated carbocycles. The lowest BCUT2D eigenvalue weighted by Crippen LogP contribution is -2.53. The first-order valence-corrected chi connectivity index (χ1v) is 7.74. The summed E-state index contributed by atoms with van der Waals surface area (Å²) in [5.41, 5.74) is -0.635.